The fraction of sp³-hybridized carbons (Fsp3) is 0.412. The van der Waals surface area contributed by atoms with E-state index >= 15 is 0 Å². The van der Waals surface area contributed by atoms with Crippen molar-refractivity contribution in [2.75, 3.05) is 6.54 Å². The molecule has 0 saturated heterocycles. The third-order valence-electron chi connectivity index (χ3n) is 4.11. The Kier molecular flexibility index (Phi) is 5.44. The van der Waals surface area contributed by atoms with Crippen molar-refractivity contribution in [2.45, 2.75) is 32.7 Å². The number of halogens is 1. The summed E-state index contributed by atoms with van der Waals surface area (Å²) in [6, 6.07) is 7.18. The number of amides is 1. The van der Waals surface area contributed by atoms with E-state index < -0.39 is 5.54 Å². The van der Waals surface area contributed by atoms with Crippen molar-refractivity contribution in [1.29, 1.82) is 0 Å². The van der Waals surface area contributed by atoms with Gasteiger partial charge in [-0.25, -0.2) is 4.98 Å². The lowest BCUT2D eigenvalue weighted by Crippen LogP contribution is -2.55. The highest BCUT2D eigenvalue weighted by molar-refractivity contribution is 6.30. The minimum atomic E-state index is -0.431. The molecule has 1 unspecified atom stereocenters. The van der Waals surface area contributed by atoms with E-state index in [1.807, 2.05) is 32.9 Å². The second-order valence-corrected chi connectivity index (χ2v) is 6.59. The van der Waals surface area contributed by atoms with Gasteiger partial charge in [0.25, 0.3) is 0 Å². The monoisotopic (exact) mass is 335 g/mol. The fourth-order valence-electron chi connectivity index (χ4n) is 2.07. The van der Waals surface area contributed by atoms with Gasteiger partial charge in [0.2, 0.25) is 11.8 Å². The molecule has 0 saturated carbocycles. The van der Waals surface area contributed by atoms with Crippen LogP contribution in [0, 0.1) is 5.92 Å². The molecule has 2 aromatic rings. The molecule has 1 aromatic carbocycles. The Balaban J connectivity index is 2.04. The molecule has 0 radical (unpaired) electrons. The lowest BCUT2D eigenvalue weighted by Gasteiger charge is -2.33. The van der Waals surface area contributed by atoms with Crippen LogP contribution in [0.2, 0.25) is 5.02 Å². The number of benzene rings is 1. The highest BCUT2D eigenvalue weighted by Gasteiger charge is 2.28. The number of hydrogen-bond donors (Lipinski definition) is 2. The molecule has 5 nitrogen and oxygen atoms in total. The first-order valence-corrected chi connectivity index (χ1v) is 7.93. The molecule has 0 aliphatic carbocycles. The van der Waals surface area contributed by atoms with Crippen LogP contribution in [0.15, 0.2) is 34.9 Å². The number of oxazole rings is 1. The maximum Gasteiger partial charge on any atom is 0.226 e. The Morgan fingerprint density at radius 2 is 2.04 bits per heavy atom. The summed E-state index contributed by atoms with van der Waals surface area (Å²) in [4.78, 5) is 16.6. The fourth-order valence-corrected chi connectivity index (χ4v) is 2.20. The zero-order chi connectivity index (χ0) is 17.0. The highest BCUT2D eigenvalue weighted by Crippen LogP contribution is 2.21. The quantitative estimate of drug-likeness (QED) is 0.850. The zero-order valence-corrected chi connectivity index (χ0v) is 14.4. The Bertz CT molecular complexity index is 667. The van der Waals surface area contributed by atoms with Crippen LogP contribution in [0.25, 0.3) is 11.5 Å². The van der Waals surface area contributed by atoms with Crippen molar-refractivity contribution in [3.05, 3.63) is 41.2 Å². The second-order valence-electron chi connectivity index (χ2n) is 6.15. The van der Waals surface area contributed by atoms with Crippen LogP contribution >= 0.6 is 11.6 Å². The standard InChI is InChI=1S/C17H22ClN3O2/c1-11(2)17(3,10-19)21-15(22)8-14-9-23-16(20-14)12-4-6-13(18)7-5-12/h4-7,9,11H,8,10,19H2,1-3H3,(H,21,22). The number of rotatable bonds is 6. The molecule has 1 heterocycles. The van der Waals surface area contributed by atoms with Crippen LogP contribution in [-0.2, 0) is 11.2 Å². The van der Waals surface area contributed by atoms with Gasteiger partial charge in [-0.1, -0.05) is 25.4 Å². The van der Waals surface area contributed by atoms with Crippen LogP contribution in [0.3, 0.4) is 0 Å². The molecule has 2 rings (SSSR count). The van der Waals surface area contributed by atoms with Crippen molar-refractivity contribution < 1.29 is 9.21 Å². The van der Waals surface area contributed by atoms with Gasteiger partial charge in [-0.2, -0.15) is 0 Å². The van der Waals surface area contributed by atoms with Gasteiger partial charge in [0, 0.05) is 17.1 Å². The topological polar surface area (TPSA) is 81.1 Å². The third-order valence-corrected chi connectivity index (χ3v) is 4.36. The molecule has 124 valence electrons. The molecule has 0 fully saturated rings. The van der Waals surface area contributed by atoms with Crippen LogP contribution in [-0.4, -0.2) is 23.0 Å². The number of aromatic nitrogens is 1. The van der Waals surface area contributed by atoms with E-state index in [1.54, 1.807) is 12.1 Å². The van der Waals surface area contributed by atoms with Crippen molar-refractivity contribution in [2.24, 2.45) is 11.7 Å². The van der Waals surface area contributed by atoms with E-state index in [4.69, 9.17) is 21.8 Å². The van der Waals surface area contributed by atoms with E-state index in [2.05, 4.69) is 10.3 Å². The van der Waals surface area contributed by atoms with Gasteiger partial charge in [0.15, 0.2) is 0 Å². The molecular formula is C17H22ClN3O2. The van der Waals surface area contributed by atoms with Gasteiger partial charge in [-0.05, 0) is 37.1 Å². The van der Waals surface area contributed by atoms with Crippen LogP contribution in [0.1, 0.15) is 26.5 Å². The third kappa shape index (κ3) is 4.33. The minimum Gasteiger partial charge on any atom is -0.444 e. The van der Waals surface area contributed by atoms with Gasteiger partial charge in [-0.3, -0.25) is 4.79 Å². The van der Waals surface area contributed by atoms with E-state index in [0.29, 0.717) is 23.2 Å². The number of nitrogens with zero attached hydrogens (tertiary/aromatic N) is 1. The van der Waals surface area contributed by atoms with E-state index in [9.17, 15) is 4.79 Å². The van der Waals surface area contributed by atoms with E-state index in [1.165, 1.54) is 6.26 Å². The Morgan fingerprint density at radius 1 is 1.39 bits per heavy atom. The first kappa shape index (κ1) is 17.5. The molecule has 0 aliphatic rings. The lowest BCUT2D eigenvalue weighted by atomic mass is 9.88. The summed E-state index contributed by atoms with van der Waals surface area (Å²) < 4.78 is 5.44. The summed E-state index contributed by atoms with van der Waals surface area (Å²) in [5.41, 5.74) is 6.75. The molecule has 0 aliphatic heterocycles. The summed E-state index contributed by atoms with van der Waals surface area (Å²) in [5, 5.41) is 3.63. The molecule has 23 heavy (non-hydrogen) atoms. The maximum absolute atomic E-state index is 12.2. The normalized spacial score (nSPS) is 13.8. The summed E-state index contributed by atoms with van der Waals surface area (Å²) in [6.45, 7) is 6.38. The average molecular weight is 336 g/mol. The first-order valence-electron chi connectivity index (χ1n) is 7.55. The van der Waals surface area contributed by atoms with Crippen LogP contribution in [0.5, 0.6) is 0 Å². The van der Waals surface area contributed by atoms with Crippen LogP contribution < -0.4 is 11.1 Å². The second kappa shape index (κ2) is 7.15. The first-order chi connectivity index (χ1) is 10.8. The molecular weight excluding hydrogens is 314 g/mol. The van der Waals surface area contributed by atoms with Crippen molar-refractivity contribution in [3.8, 4) is 11.5 Å². The van der Waals surface area contributed by atoms with E-state index in [0.717, 1.165) is 5.56 Å². The molecule has 1 atom stereocenters. The van der Waals surface area contributed by atoms with Crippen LogP contribution in [0.4, 0.5) is 0 Å². The molecule has 1 amide bonds. The van der Waals surface area contributed by atoms with Crippen molar-refractivity contribution in [3.63, 3.8) is 0 Å². The Hall–Kier alpha value is -1.85. The smallest absolute Gasteiger partial charge is 0.226 e. The molecule has 0 spiro atoms. The molecule has 1 aromatic heterocycles. The Labute approximate surface area is 141 Å². The SMILES string of the molecule is CC(C)C(C)(CN)NC(=O)Cc1coc(-c2ccc(Cl)cc2)n1. The van der Waals surface area contributed by atoms with Gasteiger partial charge in [0.1, 0.15) is 6.26 Å². The largest absolute Gasteiger partial charge is 0.444 e. The Morgan fingerprint density at radius 3 is 2.61 bits per heavy atom. The number of hydrogen-bond acceptors (Lipinski definition) is 4. The summed E-state index contributed by atoms with van der Waals surface area (Å²) in [6.07, 6.45) is 1.65. The van der Waals surface area contributed by atoms with Gasteiger partial charge in [0.05, 0.1) is 17.7 Å². The maximum atomic E-state index is 12.2. The predicted molar refractivity (Wildman–Crippen MR) is 91.1 cm³/mol. The summed E-state index contributed by atoms with van der Waals surface area (Å²) in [7, 11) is 0. The van der Waals surface area contributed by atoms with Gasteiger partial charge >= 0.3 is 0 Å². The van der Waals surface area contributed by atoms with Crippen molar-refractivity contribution in [1.82, 2.24) is 10.3 Å². The number of carbonyl (C=O) groups is 1. The van der Waals surface area contributed by atoms with E-state index in [-0.39, 0.29) is 18.2 Å². The summed E-state index contributed by atoms with van der Waals surface area (Å²) >= 11 is 5.86. The summed E-state index contributed by atoms with van der Waals surface area (Å²) in [5.74, 6) is 0.580. The number of nitrogens with two attached hydrogens (primary N) is 1. The highest BCUT2D eigenvalue weighted by atomic mass is 35.5. The lowest BCUT2D eigenvalue weighted by molar-refractivity contribution is -0.122. The average Bonchev–Trinajstić information content (AvgIpc) is 2.95. The van der Waals surface area contributed by atoms with Crippen molar-refractivity contribution >= 4 is 17.5 Å². The molecule has 3 N–H and O–H groups in total. The molecule has 6 heteroatoms. The van der Waals surface area contributed by atoms with Gasteiger partial charge in [-0.15, -0.1) is 0 Å². The zero-order valence-electron chi connectivity index (χ0n) is 13.6. The number of carbonyl (C=O) groups excluding carboxylic acids is 1. The van der Waals surface area contributed by atoms with Gasteiger partial charge < -0.3 is 15.5 Å². The number of nitrogens with one attached hydrogen (secondary N) is 1. The predicted octanol–water partition coefficient (Wildman–Crippen LogP) is 3.03. The molecule has 0 bridgehead atoms. The minimum absolute atomic E-state index is 0.123.